The standard InChI is InChI=1S/C10H13BrF3N3/c1-7-4-8(11)9(16-5-7)17(3-2-15)6-10(12,13)14/h4-5H,2-3,6,15H2,1H3. The lowest BCUT2D eigenvalue weighted by Gasteiger charge is -2.25. The zero-order valence-electron chi connectivity index (χ0n) is 9.26. The Balaban J connectivity index is 2.97. The molecule has 0 aliphatic carbocycles. The number of nitrogens with zero attached hydrogens (tertiary/aromatic N) is 2. The van der Waals surface area contributed by atoms with E-state index in [1.165, 1.54) is 6.20 Å². The Morgan fingerprint density at radius 1 is 1.47 bits per heavy atom. The number of alkyl halides is 3. The maximum Gasteiger partial charge on any atom is 0.405 e. The van der Waals surface area contributed by atoms with Crippen LogP contribution in [-0.2, 0) is 0 Å². The number of aromatic nitrogens is 1. The van der Waals surface area contributed by atoms with Crippen molar-refractivity contribution in [1.29, 1.82) is 0 Å². The van der Waals surface area contributed by atoms with Gasteiger partial charge in [-0.25, -0.2) is 4.98 Å². The van der Waals surface area contributed by atoms with Crippen LogP contribution in [0.3, 0.4) is 0 Å². The van der Waals surface area contributed by atoms with E-state index in [1.54, 1.807) is 6.07 Å². The minimum absolute atomic E-state index is 0.105. The Morgan fingerprint density at radius 2 is 2.12 bits per heavy atom. The molecule has 0 atom stereocenters. The second kappa shape index (κ2) is 5.68. The molecule has 7 heteroatoms. The van der Waals surface area contributed by atoms with Crippen molar-refractivity contribution in [2.45, 2.75) is 13.1 Å². The van der Waals surface area contributed by atoms with Crippen molar-refractivity contribution in [3.05, 3.63) is 22.3 Å². The van der Waals surface area contributed by atoms with Gasteiger partial charge in [0.05, 0.1) is 4.47 Å². The summed E-state index contributed by atoms with van der Waals surface area (Å²) in [5.74, 6) is 0.262. The van der Waals surface area contributed by atoms with Gasteiger partial charge in [0.1, 0.15) is 12.4 Å². The minimum Gasteiger partial charge on any atom is -0.345 e. The van der Waals surface area contributed by atoms with Gasteiger partial charge >= 0.3 is 6.18 Å². The molecule has 0 radical (unpaired) electrons. The number of hydrogen-bond acceptors (Lipinski definition) is 3. The first kappa shape index (κ1) is 14.2. The molecule has 2 N–H and O–H groups in total. The molecule has 1 aromatic rings. The fraction of sp³-hybridized carbons (Fsp3) is 0.500. The fourth-order valence-electron chi connectivity index (χ4n) is 1.39. The van der Waals surface area contributed by atoms with Crippen LogP contribution >= 0.6 is 15.9 Å². The SMILES string of the molecule is Cc1cnc(N(CCN)CC(F)(F)F)c(Br)c1. The third kappa shape index (κ3) is 4.51. The van der Waals surface area contributed by atoms with Crippen LogP contribution in [0.1, 0.15) is 5.56 Å². The van der Waals surface area contributed by atoms with Crippen LogP contribution in [0.5, 0.6) is 0 Å². The normalized spacial score (nSPS) is 11.6. The van der Waals surface area contributed by atoms with E-state index in [-0.39, 0.29) is 18.9 Å². The number of anilines is 1. The predicted molar refractivity (Wildman–Crippen MR) is 64.0 cm³/mol. The second-order valence-corrected chi connectivity index (χ2v) is 4.50. The summed E-state index contributed by atoms with van der Waals surface area (Å²) >= 11 is 3.21. The van der Waals surface area contributed by atoms with Gasteiger partial charge in [0.25, 0.3) is 0 Å². The summed E-state index contributed by atoms with van der Waals surface area (Å²) in [6, 6.07) is 1.72. The monoisotopic (exact) mass is 311 g/mol. The molecule has 3 nitrogen and oxygen atoms in total. The van der Waals surface area contributed by atoms with Crippen LogP contribution in [0, 0.1) is 6.92 Å². The molecule has 17 heavy (non-hydrogen) atoms. The summed E-state index contributed by atoms with van der Waals surface area (Å²) in [4.78, 5) is 5.12. The van der Waals surface area contributed by atoms with E-state index in [0.717, 1.165) is 10.5 Å². The zero-order valence-corrected chi connectivity index (χ0v) is 10.8. The molecule has 0 aromatic carbocycles. The van der Waals surface area contributed by atoms with Crippen molar-refractivity contribution in [2.24, 2.45) is 5.73 Å². The van der Waals surface area contributed by atoms with Gasteiger partial charge in [0.15, 0.2) is 0 Å². The van der Waals surface area contributed by atoms with E-state index >= 15 is 0 Å². The van der Waals surface area contributed by atoms with Gasteiger partial charge < -0.3 is 10.6 Å². The number of aryl methyl sites for hydroxylation is 1. The van der Waals surface area contributed by atoms with E-state index in [4.69, 9.17) is 5.73 Å². The molecule has 0 saturated carbocycles. The van der Waals surface area contributed by atoms with Gasteiger partial charge in [0.2, 0.25) is 0 Å². The molecular formula is C10H13BrF3N3. The Kier molecular flexibility index (Phi) is 4.76. The maximum atomic E-state index is 12.4. The lowest BCUT2D eigenvalue weighted by molar-refractivity contribution is -0.119. The lowest BCUT2D eigenvalue weighted by Crippen LogP contribution is -2.38. The van der Waals surface area contributed by atoms with Crippen molar-refractivity contribution < 1.29 is 13.2 Å². The number of pyridine rings is 1. The quantitative estimate of drug-likeness (QED) is 0.929. The minimum atomic E-state index is -4.28. The highest BCUT2D eigenvalue weighted by molar-refractivity contribution is 9.10. The van der Waals surface area contributed by atoms with Crippen molar-refractivity contribution in [3.8, 4) is 0 Å². The molecule has 0 saturated heterocycles. The van der Waals surface area contributed by atoms with E-state index in [2.05, 4.69) is 20.9 Å². The molecule has 0 unspecified atom stereocenters. The van der Waals surface area contributed by atoms with E-state index in [0.29, 0.717) is 4.47 Å². The summed E-state index contributed by atoms with van der Waals surface area (Å²) in [7, 11) is 0. The highest BCUT2D eigenvalue weighted by Gasteiger charge is 2.31. The fourth-order valence-corrected chi connectivity index (χ4v) is 2.11. The van der Waals surface area contributed by atoms with Gasteiger partial charge in [-0.05, 0) is 34.5 Å². The zero-order chi connectivity index (χ0) is 13.1. The molecule has 0 aliphatic heterocycles. The summed E-state index contributed by atoms with van der Waals surface area (Å²) in [5.41, 5.74) is 6.19. The summed E-state index contributed by atoms with van der Waals surface area (Å²) in [5, 5.41) is 0. The highest BCUT2D eigenvalue weighted by atomic mass is 79.9. The molecule has 96 valence electrons. The van der Waals surface area contributed by atoms with Crippen LogP contribution in [0.2, 0.25) is 0 Å². The number of halogens is 4. The van der Waals surface area contributed by atoms with Crippen LogP contribution < -0.4 is 10.6 Å². The summed E-state index contributed by atoms with van der Waals surface area (Å²) in [6.07, 6.45) is -2.75. The Hall–Kier alpha value is -0.820. The number of nitrogens with two attached hydrogens (primary N) is 1. The van der Waals surface area contributed by atoms with Crippen molar-refractivity contribution in [1.82, 2.24) is 4.98 Å². The molecule has 0 spiro atoms. The highest BCUT2D eigenvalue weighted by Crippen LogP contribution is 2.27. The molecule has 1 rings (SSSR count). The Labute approximate surface area is 106 Å². The van der Waals surface area contributed by atoms with Crippen LogP contribution in [0.15, 0.2) is 16.7 Å². The molecule has 1 aromatic heterocycles. The smallest absolute Gasteiger partial charge is 0.345 e. The van der Waals surface area contributed by atoms with E-state index in [9.17, 15) is 13.2 Å². The largest absolute Gasteiger partial charge is 0.405 e. The Bertz CT molecular complexity index is 382. The number of rotatable bonds is 4. The van der Waals surface area contributed by atoms with Crippen LogP contribution in [0.4, 0.5) is 19.0 Å². The second-order valence-electron chi connectivity index (χ2n) is 3.64. The van der Waals surface area contributed by atoms with E-state index in [1.807, 2.05) is 6.92 Å². The Morgan fingerprint density at radius 3 is 2.59 bits per heavy atom. The molecule has 0 aliphatic rings. The first-order chi connectivity index (χ1) is 7.83. The number of hydrogen-bond donors (Lipinski definition) is 1. The van der Waals surface area contributed by atoms with Gasteiger partial charge in [-0.3, -0.25) is 0 Å². The predicted octanol–water partition coefficient (Wildman–Crippen LogP) is 2.48. The van der Waals surface area contributed by atoms with Gasteiger partial charge in [0, 0.05) is 19.3 Å². The summed E-state index contributed by atoms with van der Waals surface area (Å²) < 4.78 is 37.7. The molecule has 0 fully saturated rings. The van der Waals surface area contributed by atoms with Crippen LogP contribution in [-0.4, -0.2) is 30.8 Å². The maximum absolute atomic E-state index is 12.4. The molecular weight excluding hydrogens is 299 g/mol. The van der Waals surface area contributed by atoms with Crippen molar-refractivity contribution >= 4 is 21.7 Å². The topological polar surface area (TPSA) is 42.2 Å². The van der Waals surface area contributed by atoms with Gasteiger partial charge in [-0.1, -0.05) is 0 Å². The van der Waals surface area contributed by atoms with Crippen LogP contribution in [0.25, 0.3) is 0 Å². The molecule has 1 heterocycles. The van der Waals surface area contributed by atoms with Crippen molar-refractivity contribution in [2.75, 3.05) is 24.5 Å². The lowest BCUT2D eigenvalue weighted by atomic mass is 10.3. The van der Waals surface area contributed by atoms with Gasteiger partial charge in [-0.15, -0.1) is 0 Å². The van der Waals surface area contributed by atoms with Crippen molar-refractivity contribution in [3.63, 3.8) is 0 Å². The molecule has 0 bridgehead atoms. The first-order valence-electron chi connectivity index (χ1n) is 4.97. The van der Waals surface area contributed by atoms with E-state index < -0.39 is 12.7 Å². The average Bonchev–Trinajstić information content (AvgIpc) is 2.14. The van der Waals surface area contributed by atoms with Gasteiger partial charge in [-0.2, -0.15) is 13.2 Å². The third-order valence-corrected chi connectivity index (χ3v) is 2.61. The molecule has 0 amide bonds. The first-order valence-corrected chi connectivity index (χ1v) is 5.76. The third-order valence-electron chi connectivity index (χ3n) is 2.03. The summed E-state index contributed by atoms with van der Waals surface area (Å²) in [6.45, 7) is 1.00. The average molecular weight is 312 g/mol.